The molecule has 0 bridgehead atoms. The van der Waals surface area contributed by atoms with Crippen LogP contribution in [0.15, 0.2) is 28.9 Å². The van der Waals surface area contributed by atoms with E-state index >= 15 is 0 Å². The van der Waals surface area contributed by atoms with Crippen LogP contribution in [-0.2, 0) is 6.54 Å². The van der Waals surface area contributed by atoms with Crippen molar-refractivity contribution in [2.24, 2.45) is 5.92 Å². The SMILES string of the molecule is CCN1CCCC(CN(C)Cc2nc(-c3ccccn3)no2)C1. The second-order valence-corrected chi connectivity index (χ2v) is 6.32. The van der Waals surface area contributed by atoms with Crippen molar-refractivity contribution in [1.82, 2.24) is 24.9 Å². The van der Waals surface area contributed by atoms with Crippen LogP contribution < -0.4 is 0 Å². The number of hydrogen-bond acceptors (Lipinski definition) is 6. The molecule has 6 nitrogen and oxygen atoms in total. The van der Waals surface area contributed by atoms with E-state index in [0.717, 1.165) is 24.7 Å². The van der Waals surface area contributed by atoms with Crippen LogP contribution in [0.4, 0.5) is 0 Å². The second-order valence-electron chi connectivity index (χ2n) is 6.32. The van der Waals surface area contributed by atoms with E-state index in [4.69, 9.17) is 4.52 Å². The molecule has 3 heterocycles. The van der Waals surface area contributed by atoms with Gasteiger partial charge in [-0.3, -0.25) is 9.88 Å². The molecule has 0 N–H and O–H groups in total. The first-order chi connectivity index (χ1) is 11.2. The third kappa shape index (κ3) is 4.36. The predicted octanol–water partition coefficient (Wildman–Crippen LogP) is 2.30. The van der Waals surface area contributed by atoms with Crippen LogP contribution in [0, 0.1) is 5.92 Å². The molecule has 23 heavy (non-hydrogen) atoms. The van der Waals surface area contributed by atoms with E-state index in [1.807, 2.05) is 18.2 Å². The Morgan fingerprint density at radius 2 is 2.30 bits per heavy atom. The van der Waals surface area contributed by atoms with Gasteiger partial charge in [-0.05, 0) is 51.0 Å². The standard InChI is InChI=1S/C17H25N5O/c1-3-22-10-6-7-14(12-22)11-21(2)13-16-19-17(20-23-16)15-8-4-5-9-18-15/h4-5,8-9,14H,3,6-7,10-13H2,1-2H3. The maximum atomic E-state index is 5.37. The van der Waals surface area contributed by atoms with Gasteiger partial charge in [-0.1, -0.05) is 18.1 Å². The lowest BCUT2D eigenvalue weighted by Gasteiger charge is -2.33. The van der Waals surface area contributed by atoms with Gasteiger partial charge in [0.1, 0.15) is 5.69 Å². The molecule has 0 radical (unpaired) electrons. The number of pyridine rings is 1. The van der Waals surface area contributed by atoms with Gasteiger partial charge in [0.25, 0.3) is 0 Å². The van der Waals surface area contributed by atoms with Gasteiger partial charge in [-0.25, -0.2) is 0 Å². The van der Waals surface area contributed by atoms with E-state index in [1.165, 1.54) is 25.9 Å². The van der Waals surface area contributed by atoms with Crippen molar-refractivity contribution >= 4 is 0 Å². The minimum Gasteiger partial charge on any atom is -0.337 e. The van der Waals surface area contributed by atoms with Gasteiger partial charge in [-0.15, -0.1) is 0 Å². The van der Waals surface area contributed by atoms with E-state index in [0.29, 0.717) is 18.3 Å². The summed E-state index contributed by atoms with van der Waals surface area (Å²) in [7, 11) is 2.12. The van der Waals surface area contributed by atoms with Crippen molar-refractivity contribution < 1.29 is 4.52 Å². The van der Waals surface area contributed by atoms with Crippen molar-refractivity contribution in [1.29, 1.82) is 0 Å². The Kier molecular flexibility index (Phi) is 5.35. The molecule has 0 amide bonds. The first kappa shape index (κ1) is 16.1. The van der Waals surface area contributed by atoms with E-state index in [9.17, 15) is 0 Å². The molecule has 1 saturated heterocycles. The molecule has 3 rings (SSSR count). The van der Waals surface area contributed by atoms with E-state index < -0.39 is 0 Å². The number of hydrogen-bond donors (Lipinski definition) is 0. The van der Waals surface area contributed by atoms with Crippen LogP contribution >= 0.6 is 0 Å². The minimum atomic E-state index is 0.559. The van der Waals surface area contributed by atoms with Crippen LogP contribution in [-0.4, -0.2) is 58.2 Å². The molecule has 1 aliphatic rings. The molecule has 0 aliphatic carbocycles. The van der Waals surface area contributed by atoms with Gasteiger partial charge >= 0.3 is 0 Å². The summed E-state index contributed by atoms with van der Waals surface area (Å²) in [6.07, 6.45) is 4.35. The smallest absolute Gasteiger partial charge is 0.241 e. The fourth-order valence-corrected chi connectivity index (χ4v) is 3.24. The fraction of sp³-hybridized carbons (Fsp3) is 0.588. The van der Waals surface area contributed by atoms with Crippen LogP contribution in [0.1, 0.15) is 25.7 Å². The Hall–Kier alpha value is -1.79. The van der Waals surface area contributed by atoms with Gasteiger partial charge in [0.05, 0.1) is 6.54 Å². The molecule has 1 atom stereocenters. The van der Waals surface area contributed by atoms with Crippen molar-refractivity contribution in [2.45, 2.75) is 26.3 Å². The molecule has 0 saturated carbocycles. The summed E-state index contributed by atoms with van der Waals surface area (Å²) in [5.41, 5.74) is 0.746. The highest BCUT2D eigenvalue weighted by atomic mass is 16.5. The lowest BCUT2D eigenvalue weighted by Crippen LogP contribution is -2.39. The minimum absolute atomic E-state index is 0.559. The molecule has 1 unspecified atom stereocenters. The number of rotatable bonds is 6. The number of nitrogens with zero attached hydrogens (tertiary/aromatic N) is 5. The highest BCUT2D eigenvalue weighted by Gasteiger charge is 2.21. The zero-order chi connectivity index (χ0) is 16.1. The summed E-state index contributed by atoms with van der Waals surface area (Å²) in [4.78, 5) is 13.5. The third-order valence-electron chi connectivity index (χ3n) is 4.39. The predicted molar refractivity (Wildman–Crippen MR) is 88.7 cm³/mol. The van der Waals surface area contributed by atoms with Crippen LogP contribution in [0.25, 0.3) is 11.5 Å². The topological polar surface area (TPSA) is 58.3 Å². The zero-order valence-electron chi connectivity index (χ0n) is 14.0. The van der Waals surface area contributed by atoms with Crippen molar-refractivity contribution in [3.8, 4) is 11.5 Å². The molecule has 0 spiro atoms. The first-order valence-electron chi connectivity index (χ1n) is 8.39. The average molecular weight is 315 g/mol. The summed E-state index contributed by atoms with van der Waals surface area (Å²) < 4.78 is 5.37. The summed E-state index contributed by atoms with van der Waals surface area (Å²) in [6.45, 7) is 7.58. The molecule has 124 valence electrons. The third-order valence-corrected chi connectivity index (χ3v) is 4.39. The Morgan fingerprint density at radius 1 is 1.39 bits per heavy atom. The maximum Gasteiger partial charge on any atom is 0.241 e. The molecular weight excluding hydrogens is 290 g/mol. The Morgan fingerprint density at radius 3 is 3.09 bits per heavy atom. The van der Waals surface area contributed by atoms with Gasteiger partial charge in [0.15, 0.2) is 0 Å². The first-order valence-corrected chi connectivity index (χ1v) is 8.39. The molecule has 6 heteroatoms. The highest BCUT2D eigenvalue weighted by molar-refractivity contribution is 5.46. The van der Waals surface area contributed by atoms with E-state index in [2.05, 4.69) is 38.9 Å². The second kappa shape index (κ2) is 7.66. The lowest BCUT2D eigenvalue weighted by molar-refractivity contribution is 0.140. The normalized spacial score (nSPS) is 19.3. The Labute approximate surface area is 137 Å². The molecular formula is C17H25N5O. The van der Waals surface area contributed by atoms with Crippen LogP contribution in [0.2, 0.25) is 0 Å². The Balaban J connectivity index is 1.54. The molecule has 0 aromatic carbocycles. The highest BCUT2D eigenvalue weighted by Crippen LogP contribution is 2.18. The summed E-state index contributed by atoms with van der Waals surface area (Å²) >= 11 is 0. The average Bonchev–Trinajstić information content (AvgIpc) is 3.04. The van der Waals surface area contributed by atoms with Crippen LogP contribution in [0.3, 0.4) is 0 Å². The number of likely N-dealkylation sites (tertiary alicyclic amines) is 1. The largest absolute Gasteiger partial charge is 0.337 e. The molecule has 2 aromatic rings. The fourth-order valence-electron chi connectivity index (χ4n) is 3.24. The summed E-state index contributed by atoms with van der Waals surface area (Å²) in [5.74, 6) is 1.94. The summed E-state index contributed by atoms with van der Waals surface area (Å²) in [6, 6.07) is 5.69. The van der Waals surface area contributed by atoms with Gasteiger partial charge in [-0.2, -0.15) is 4.98 Å². The Bertz CT molecular complexity index is 600. The number of piperidine rings is 1. The molecule has 1 fully saturated rings. The maximum absolute atomic E-state index is 5.37. The van der Waals surface area contributed by atoms with Gasteiger partial charge in [0.2, 0.25) is 11.7 Å². The number of aromatic nitrogens is 3. The van der Waals surface area contributed by atoms with Gasteiger partial charge in [0, 0.05) is 19.3 Å². The van der Waals surface area contributed by atoms with Crippen molar-refractivity contribution in [3.05, 3.63) is 30.3 Å². The van der Waals surface area contributed by atoms with Crippen molar-refractivity contribution in [2.75, 3.05) is 33.2 Å². The van der Waals surface area contributed by atoms with Gasteiger partial charge < -0.3 is 9.42 Å². The monoisotopic (exact) mass is 315 g/mol. The van der Waals surface area contributed by atoms with Crippen molar-refractivity contribution in [3.63, 3.8) is 0 Å². The van der Waals surface area contributed by atoms with Crippen LogP contribution in [0.5, 0.6) is 0 Å². The molecule has 1 aliphatic heterocycles. The van der Waals surface area contributed by atoms with E-state index in [-0.39, 0.29) is 0 Å². The lowest BCUT2D eigenvalue weighted by atomic mass is 9.97. The quantitative estimate of drug-likeness (QED) is 0.815. The van der Waals surface area contributed by atoms with E-state index in [1.54, 1.807) is 6.20 Å². The zero-order valence-corrected chi connectivity index (χ0v) is 14.0. The molecule has 2 aromatic heterocycles. The summed E-state index contributed by atoms with van der Waals surface area (Å²) in [5, 5.41) is 4.03.